The third kappa shape index (κ3) is 6.04. The van der Waals surface area contributed by atoms with Crippen molar-refractivity contribution in [1.29, 1.82) is 0 Å². The molecule has 212 valence electrons. The Morgan fingerprint density at radius 2 is 1.85 bits per heavy atom. The minimum atomic E-state index is -4.84. The SMILES string of the molecule is CN(CCc1ccc(C2=NCCN2)cc1)C(=O)c1coc(CN(C2CC2)S(=O)(=O)c2ccccc2C(F)(F)F)n1. The number of rotatable bonds is 10. The average molecular weight is 576 g/mol. The molecule has 13 heteroatoms. The van der Waals surface area contributed by atoms with Crippen LogP contribution in [0.1, 0.15) is 45.9 Å². The lowest BCUT2D eigenvalue weighted by molar-refractivity contribution is -0.139. The third-order valence-corrected chi connectivity index (χ3v) is 8.74. The smallest absolute Gasteiger partial charge is 0.417 e. The molecule has 1 N–H and O–H groups in total. The van der Waals surface area contributed by atoms with Gasteiger partial charge in [0.05, 0.1) is 23.5 Å². The topological polar surface area (TPSA) is 108 Å². The second-order valence-electron chi connectivity index (χ2n) is 9.73. The molecule has 5 rings (SSSR count). The van der Waals surface area contributed by atoms with E-state index >= 15 is 0 Å². The molecular weight excluding hydrogens is 547 g/mol. The Balaban J connectivity index is 1.24. The van der Waals surface area contributed by atoms with Gasteiger partial charge in [-0.15, -0.1) is 0 Å². The number of benzene rings is 2. The summed E-state index contributed by atoms with van der Waals surface area (Å²) < 4.78 is 73.6. The van der Waals surface area contributed by atoms with E-state index in [0.29, 0.717) is 25.8 Å². The number of nitrogens with one attached hydrogen (secondary N) is 1. The number of carbonyl (C=O) groups excluding carboxylic acids is 1. The van der Waals surface area contributed by atoms with Crippen LogP contribution in [0.25, 0.3) is 0 Å². The van der Waals surface area contributed by atoms with Crippen molar-refractivity contribution in [2.45, 2.75) is 42.9 Å². The molecule has 0 saturated heterocycles. The van der Waals surface area contributed by atoms with Crippen LogP contribution < -0.4 is 5.32 Å². The maximum absolute atomic E-state index is 13.5. The van der Waals surface area contributed by atoms with E-state index in [4.69, 9.17) is 4.42 Å². The van der Waals surface area contributed by atoms with E-state index in [1.54, 1.807) is 7.05 Å². The monoisotopic (exact) mass is 575 g/mol. The maximum Gasteiger partial charge on any atom is 0.417 e. The van der Waals surface area contributed by atoms with Crippen LogP contribution >= 0.6 is 0 Å². The van der Waals surface area contributed by atoms with E-state index < -0.39 is 38.6 Å². The summed E-state index contributed by atoms with van der Waals surface area (Å²) in [6.45, 7) is 1.60. The van der Waals surface area contributed by atoms with Gasteiger partial charge in [0.1, 0.15) is 12.1 Å². The van der Waals surface area contributed by atoms with Crippen molar-refractivity contribution in [3.8, 4) is 0 Å². The largest absolute Gasteiger partial charge is 0.447 e. The number of halogens is 3. The first-order valence-electron chi connectivity index (χ1n) is 12.8. The fraction of sp³-hybridized carbons (Fsp3) is 0.370. The van der Waals surface area contributed by atoms with Crippen LogP contribution in [0, 0.1) is 0 Å². The Morgan fingerprint density at radius 3 is 2.50 bits per heavy atom. The average Bonchev–Trinajstić information content (AvgIpc) is 3.41. The molecule has 0 atom stereocenters. The summed E-state index contributed by atoms with van der Waals surface area (Å²) in [7, 11) is -2.90. The van der Waals surface area contributed by atoms with Crippen molar-refractivity contribution in [3.05, 3.63) is 83.1 Å². The molecule has 1 amide bonds. The molecule has 1 saturated carbocycles. The van der Waals surface area contributed by atoms with Gasteiger partial charge in [0, 0.05) is 31.7 Å². The number of hydrogen-bond acceptors (Lipinski definition) is 7. The van der Waals surface area contributed by atoms with E-state index in [1.807, 2.05) is 24.3 Å². The number of sulfonamides is 1. The maximum atomic E-state index is 13.5. The van der Waals surface area contributed by atoms with Crippen molar-refractivity contribution < 1.29 is 30.8 Å². The van der Waals surface area contributed by atoms with E-state index in [0.717, 1.165) is 58.8 Å². The van der Waals surface area contributed by atoms with Crippen LogP contribution in [-0.2, 0) is 29.2 Å². The van der Waals surface area contributed by atoms with Crippen LogP contribution in [0.2, 0.25) is 0 Å². The van der Waals surface area contributed by atoms with Crippen LogP contribution in [0.3, 0.4) is 0 Å². The fourth-order valence-corrected chi connectivity index (χ4v) is 6.30. The summed E-state index contributed by atoms with van der Waals surface area (Å²) in [4.78, 5) is 22.2. The van der Waals surface area contributed by atoms with Crippen LogP contribution in [-0.4, -0.2) is 67.1 Å². The molecule has 1 aromatic heterocycles. The van der Waals surface area contributed by atoms with Crippen molar-refractivity contribution >= 4 is 21.8 Å². The number of amidine groups is 1. The number of oxazole rings is 1. The van der Waals surface area contributed by atoms with Gasteiger partial charge in [-0.05, 0) is 37.0 Å². The first-order chi connectivity index (χ1) is 19.0. The molecule has 1 aliphatic heterocycles. The van der Waals surface area contributed by atoms with Gasteiger partial charge in [-0.1, -0.05) is 36.4 Å². The number of alkyl halides is 3. The molecule has 40 heavy (non-hydrogen) atoms. The van der Waals surface area contributed by atoms with Crippen LogP contribution in [0.15, 0.2) is 69.1 Å². The number of aromatic nitrogens is 1. The summed E-state index contributed by atoms with van der Waals surface area (Å²) in [5.74, 6) is 0.383. The highest BCUT2D eigenvalue weighted by atomic mass is 32.2. The minimum Gasteiger partial charge on any atom is -0.447 e. The highest BCUT2D eigenvalue weighted by molar-refractivity contribution is 7.89. The van der Waals surface area contributed by atoms with Crippen molar-refractivity contribution in [3.63, 3.8) is 0 Å². The Bertz CT molecular complexity index is 1520. The lowest BCUT2D eigenvalue weighted by atomic mass is 10.1. The van der Waals surface area contributed by atoms with Gasteiger partial charge in [-0.2, -0.15) is 17.5 Å². The highest BCUT2D eigenvalue weighted by Crippen LogP contribution is 2.39. The second-order valence-corrected chi connectivity index (χ2v) is 11.6. The molecule has 2 heterocycles. The van der Waals surface area contributed by atoms with Gasteiger partial charge in [0.25, 0.3) is 5.91 Å². The molecule has 9 nitrogen and oxygen atoms in total. The first-order valence-corrected chi connectivity index (χ1v) is 14.2. The molecule has 0 spiro atoms. The third-order valence-electron chi connectivity index (χ3n) is 6.78. The molecule has 0 unspecified atom stereocenters. The standard InChI is InChI=1S/C27H28F3N5O4S/c1-34(15-12-18-6-8-19(9-7-18)25-31-13-14-32-25)26(36)22-17-39-24(33-22)16-35(20-10-11-20)40(37,38)23-5-3-2-4-21(23)27(28,29)30/h2-9,17,20H,10-16H2,1H3,(H,31,32). The predicted octanol–water partition coefficient (Wildman–Crippen LogP) is 3.71. The van der Waals surface area contributed by atoms with Gasteiger partial charge in [0.15, 0.2) is 5.69 Å². The zero-order valence-corrected chi connectivity index (χ0v) is 22.5. The van der Waals surface area contributed by atoms with Gasteiger partial charge in [-0.25, -0.2) is 13.4 Å². The first kappa shape index (κ1) is 27.8. The van der Waals surface area contributed by atoms with E-state index in [2.05, 4.69) is 15.3 Å². The molecule has 2 aliphatic rings. The lowest BCUT2D eigenvalue weighted by Gasteiger charge is -2.22. The summed E-state index contributed by atoms with van der Waals surface area (Å²) in [5.41, 5.74) is 0.795. The molecule has 2 aromatic carbocycles. The number of amides is 1. The highest BCUT2D eigenvalue weighted by Gasteiger charge is 2.43. The van der Waals surface area contributed by atoms with E-state index in [-0.39, 0.29) is 18.1 Å². The van der Waals surface area contributed by atoms with Gasteiger partial charge >= 0.3 is 6.18 Å². The number of hydrogen-bond donors (Lipinski definition) is 1. The van der Waals surface area contributed by atoms with Crippen LogP contribution in [0.4, 0.5) is 13.2 Å². The van der Waals surface area contributed by atoms with Gasteiger partial charge < -0.3 is 14.6 Å². The Hall–Kier alpha value is -3.71. The lowest BCUT2D eigenvalue weighted by Crippen LogP contribution is -2.34. The van der Waals surface area contributed by atoms with Gasteiger partial charge in [0.2, 0.25) is 15.9 Å². The predicted molar refractivity (Wildman–Crippen MR) is 140 cm³/mol. The molecular formula is C27H28F3N5O4S. The van der Waals surface area contributed by atoms with Crippen molar-refractivity contribution in [2.75, 3.05) is 26.7 Å². The second kappa shape index (κ2) is 11.0. The van der Waals surface area contributed by atoms with E-state index in [9.17, 15) is 26.4 Å². The number of carbonyl (C=O) groups is 1. The number of aliphatic imine (C=N–C) groups is 1. The normalized spacial score (nSPS) is 15.7. The van der Waals surface area contributed by atoms with Gasteiger partial charge in [-0.3, -0.25) is 9.79 Å². The Morgan fingerprint density at radius 1 is 1.12 bits per heavy atom. The summed E-state index contributed by atoms with van der Waals surface area (Å²) in [5, 5.41) is 3.22. The van der Waals surface area contributed by atoms with Crippen molar-refractivity contribution in [1.82, 2.24) is 19.5 Å². The summed E-state index contributed by atoms with van der Waals surface area (Å²) in [6.07, 6.45) is -2.09. The Labute approximate surface area is 229 Å². The zero-order chi connectivity index (χ0) is 28.5. The quantitative estimate of drug-likeness (QED) is 0.395. The Kier molecular flexibility index (Phi) is 7.69. The molecule has 3 aromatic rings. The minimum absolute atomic E-state index is 0.0120. The number of likely N-dealkylation sites (N-methyl/N-ethyl adjacent to an activating group) is 1. The zero-order valence-electron chi connectivity index (χ0n) is 21.7. The summed E-state index contributed by atoms with van der Waals surface area (Å²) in [6, 6.07) is 11.5. The molecule has 0 radical (unpaired) electrons. The van der Waals surface area contributed by atoms with Crippen LogP contribution in [0.5, 0.6) is 0 Å². The summed E-state index contributed by atoms with van der Waals surface area (Å²) >= 11 is 0. The van der Waals surface area contributed by atoms with Crippen molar-refractivity contribution in [2.24, 2.45) is 4.99 Å². The fourth-order valence-electron chi connectivity index (χ4n) is 4.45. The number of nitrogens with zero attached hydrogens (tertiary/aromatic N) is 4. The van der Waals surface area contributed by atoms with E-state index in [1.165, 1.54) is 11.0 Å². The molecule has 0 bridgehead atoms. The molecule has 1 fully saturated rings. The molecule has 1 aliphatic carbocycles.